The maximum atomic E-state index is 4.76. The minimum Gasteiger partial charge on any atom is -0.305 e. The van der Waals surface area contributed by atoms with Crippen molar-refractivity contribution in [1.82, 2.24) is 19.7 Å². The van der Waals surface area contributed by atoms with Crippen molar-refractivity contribution in [3.05, 3.63) is 82.3 Å². The van der Waals surface area contributed by atoms with Crippen LogP contribution < -0.4 is 0 Å². The highest BCUT2D eigenvalue weighted by Crippen LogP contribution is 2.26. The fourth-order valence-electron chi connectivity index (χ4n) is 2.68. The zero-order valence-corrected chi connectivity index (χ0v) is 16.0. The highest BCUT2D eigenvalue weighted by molar-refractivity contribution is 7.98. The van der Waals surface area contributed by atoms with Gasteiger partial charge >= 0.3 is 0 Å². The molecular formula is C20H18N4S2. The molecule has 0 fully saturated rings. The van der Waals surface area contributed by atoms with Crippen LogP contribution in [0.1, 0.15) is 16.3 Å². The molecule has 0 saturated carbocycles. The number of thiazole rings is 1. The molecule has 6 heteroatoms. The Morgan fingerprint density at radius 3 is 2.46 bits per heavy atom. The van der Waals surface area contributed by atoms with Gasteiger partial charge in [0.15, 0.2) is 11.0 Å². The minimum atomic E-state index is 0.798. The highest BCUT2D eigenvalue weighted by atomic mass is 32.2. The molecule has 0 amide bonds. The van der Waals surface area contributed by atoms with Gasteiger partial charge in [0.05, 0.1) is 10.7 Å². The summed E-state index contributed by atoms with van der Waals surface area (Å²) in [5.74, 6) is 1.68. The van der Waals surface area contributed by atoms with E-state index in [-0.39, 0.29) is 0 Å². The first-order chi connectivity index (χ1) is 12.8. The molecule has 0 N–H and O–H groups in total. The Morgan fingerprint density at radius 2 is 1.69 bits per heavy atom. The highest BCUT2D eigenvalue weighted by Gasteiger charge is 2.12. The van der Waals surface area contributed by atoms with E-state index >= 15 is 0 Å². The summed E-state index contributed by atoms with van der Waals surface area (Å²) in [7, 11) is 2.01. The number of aromatic nitrogens is 4. The largest absolute Gasteiger partial charge is 0.305 e. The van der Waals surface area contributed by atoms with Gasteiger partial charge in [-0.15, -0.1) is 21.5 Å². The van der Waals surface area contributed by atoms with Crippen LogP contribution in [0, 0.1) is 0 Å². The first-order valence-electron chi connectivity index (χ1n) is 8.34. The predicted octanol–water partition coefficient (Wildman–Crippen LogP) is 4.82. The summed E-state index contributed by atoms with van der Waals surface area (Å²) in [5, 5.41) is 12.9. The van der Waals surface area contributed by atoms with E-state index in [2.05, 4.69) is 52.0 Å². The minimum absolute atomic E-state index is 0.798. The molecule has 2 heterocycles. The van der Waals surface area contributed by atoms with Gasteiger partial charge in [0.2, 0.25) is 0 Å². The summed E-state index contributed by atoms with van der Waals surface area (Å²) in [5.41, 5.74) is 3.46. The van der Waals surface area contributed by atoms with Crippen LogP contribution in [0.3, 0.4) is 0 Å². The fourth-order valence-corrected chi connectivity index (χ4v) is 4.42. The second-order valence-corrected chi connectivity index (χ2v) is 7.80. The standard InChI is InChI=1S/C20H18N4S2/c1-24-19(16-10-6-3-7-11-16)22-23-20(24)26-14-17-13-25-18(21-17)12-15-8-4-2-5-9-15/h2-11,13H,12,14H2,1H3. The second kappa shape index (κ2) is 7.85. The van der Waals surface area contributed by atoms with E-state index in [1.807, 2.05) is 35.9 Å². The molecule has 0 radical (unpaired) electrons. The van der Waals surface area contributed by atoms with Crippen LogP contribution in [-0.4, -0.2) is 19.7 Å². The Labute approximate surface area is 161 Å². The molecule has 0 unspecified atom stereocenters. The van der Waals surface area contributed by atoms with Crippen LogP contribution in [-0.2, 0) is 19.2 Å². The van der Waals surface area contributed by atoms with Crippen molar-refractivity contribution in [2.24, 2.45) is 7.05 Å². The quantitative estimate of drug-likeness (QED) is 0.451. The lowest BCUT2D eigenvalue weighted by Crippen LogP contribution is -1.95. The Balaban J connectivity index is 1.41. The molecule has 26 heavy (non-hydrogen) atoms. The molecule has 4 nitrogen and oxygen atoms in total. The van der Waals surface area contributed by atoms with E-state index in [0.717, 1.165) is 39.4 Å². The average Bonchev–Trinajstić information content (AvgIpc) is 3.28. The zero-order chi connectivity index (χ0) is 17.8. The monoisotopic (exact) mass is 378 g/mol. The lowest BCUT2D eigenvalue weighted by molar-refractivity contribution is 0.793. The van der Waals surface area contributed by atoms with E-state index in [9.17, 15) is 0 Å². The van der Waals surface area contributed by atoms with Gasteiger partial charge in [-0.2, -0.15) is 0 Å². The predicted molar refractivity (Wildman–Crippen MR) is 107 cm³/mol. The van der Waals surface area contributed by atoms with Crippen LogP contribution in [0.15, 0.2) is 71.2 Å². The van der Waals surface area contributed by atoms with Gasteiger partial charge in [0.25, 0.3) is 0 Å². The topological polar surface area (TPSA) is 43.6 Å². The number of rotatable bonds is 6. The van der Waals surface area contributed by atoms with Gasteiger partial charge in [0, 0.05) is 30.2 Å². The SMILES string of the molecule is Cn1c(SCc2csc(Cc3ccccc3)n2)nnc1-c1ccccc1. The molecule has 0 saturated heterocycles. The maximum absolute atomic E-state index is 4.76. The Kier molecular flexibility index (Phi) is 5.13. The third-order valence-electron chi connectivity index (χ3n) is 4.01. The summed E-state index contributed by atoms with van der Waals surface area (Å²) in [6.45, 7) is 0. The smallest absolute Gasteiger partial charge is 0.191 e. The molecule has 4 aromatic rings. The van der Waals surface area contributed by atoms with Gasteiger partial charge in [-0.1, -0.05) is 72.4 Å². The molecule has 0 aliphatic rings. The van der Waals surface area contributed by atoms with E-state index in [0.29, 0.717) is 0 Å². The lowest BCUT2D eigenvalue weighted by Gasteiger charge is -2.03. The van der Waals surface area contributed by atoms with Crippen molar-refractivity contribution < 1.29 is 0 Å². The average molecular weight is 379 g/mol. The zero-order valence-electron chi connectivity index (χ0n) is 14.4. The first-order valence-corrected chi connectivity index (χ1v) is 10.2. The van der Waals surface area contributed by atoms with Gasteiger partial charge in [-0.3, -0.25) is 0 Å². The number of thioether (sulfide) groups is 1. The van der Waals surface area contributed by atoms with E-state index in [1.54, 1.807) is 23.1 Å². The summed E-state index contributed by atoms with van der Waals surface area (Å²) in [4.78, 5) is 4.76. The second-order valence-electron chi connectivity index (χ2n) is 5.91. The van der Waals surface area contributed by atoms with E-state index in [4.69, 9.17) is 4.98 Å². The van der Waals surface area contributed by atoms with Crippen molar-refractivity contribution in [3.63, 3.8) is 0 Å². The van der Waals surface area contributed by atoms with Gasteiger partial charge < -0.3 is 4.57 Å². The first kappa shape index (κ1) is 17.0. The third-order valence-corrected chi connectivity index (χ3v) is 5.96. The van der Waals surface area contributed by atoms with Crippen molar-refractivity contribution in [2.45, 2.75) is 17.3 Å². The summed E-state index contributed by atoms with van der Waals surface area (Å²) in [6, 6.07) is 20.6. The van der Waals surface area contributed by atoms with Crippen LogP contribution in [0.4, 0.5) is 0 Å². The Hall–Kier alpha value is -2.44. The lowest BCUT2D eigenvalue weighted by atomic mass is 10.2. The van der Waals surface area contributed by atoms with Crippen molar-refractivity contribution >= 4 is 23.1 Å². The van der Waals surface area contributed by atoms with Crippen LogP contribution in [0.2, 0.25) is 0 Å². The molecule has 130 valence electrons. The van der Waals surface area contributed by atoms with Gasteiger partial charge in [-0.25, -0.2) is 4.98 Å². The number of hydrogen-bond acceptors (Lipinski definition) is 5. The van der Waals surface area contributed by atoms with Crippen molar-refractivity contribution in [1.29, 1.82) is 0 Å². The summed E-state index contributed by atoms with van der Waals surface area (Å²) >= 11 is 3.39. The van der Waals surface area contributed by atoms with Gasteiger partial charge in [-0.05, 0) is 5.56 Å². The fraction of sp³-hybridized carbons (Fsp3) is 0.150. The summed E-state index contributed by atoms with van der Waals surface area (Å²) < 4.78 is 2.04. The molecule has 2 aromatic carbocycles. The number of benzene rings is 2. The molecule has 0 aliphatic carbocycles. The molecular weight excluding hydrogens is 360 g/mol. The number of nitrogens with zero attached hydrogens (tertiary/aromatic N) is 4. The molecule has 0 spiro atoms. The Morgan fingerprint density at radius 1 is 0.962 bits per heavy atom. The maximum Gasteiger partial charge on any atom is 0.191 e. The van der Waals surface area contributed by atoms with Crippen molar-refractivity contribution in [3.8, 4) is 11.4 Å². The number of hydrogen-bond donors (Lipinski definition) is 0. The van der Waals surface area contributed by atoms with Crippen LogP contribution >= 0.6 is 23.1 Å². The summed E-state index contributed by atoms with van der Waals surface area (Å²) in [6.07, 6.45) is 0.887. The van der Waals surface area contributed by atoms with Crippen LogP contribution in [0.5, 0.6) is 0 Å². The molecule has 2 aromatic heterocycles. The van der Waals surface area contributed by atoms with Gasteiger partial charge in [0.1, 0.15) is 0 Å². The molecule has 4 rings (SSSR count). The van der Waals surface area contributed by atoms with Crippen molar-refractivity contribution in [2.75, 3.05) is 0 Å². The third kappa shape index (κ3) is 3.86. The van der Waals surface area contributed by atoms with Crippen LogP contribution in [0.25, 0.3) is 11.4 Å². The molecule has 0 aliphatic heterocycles. The van der Waals surface area contributed by atoms with E-state index < -0.39 is 0 Å². The molecule has 0 atom stereocenters. The Bertz CT molecular complexity index is 977. The van der Waals surface area contributed by atoms with E-state index in [1.165, 1.54) is 5.56 Å². The molecule has 0 bridgehead atoms. The normalized spacial score (nSPS) is 11.0.